The molecule has 0 aromatic rings. The van der Waals surface area contributed by atoms with Gasteiger partial charge in [0.2, 0.25) is 0 Å². The highest BCUT2D eigenvalue weighted by Gasteiger charge is 2.21. The lowest BCUT2D eigenvalue weighted by molar-refractivity contribution is -0.000983. The van der Waals surface area contributed by atoms with Crippen molar-refractivity contribution >= 4 is 0 Å². The second-order valence-corrected chi connectivity index (χ2v) is 2.67. The first-order valence-corrected chi connectivity index (χ1v) is 3.66. The van der Waals surface area contributed by atoms with Gasteiger partial charge in [-0.25, -0.2) is 4.39 Å². The summed E-state index contributed by atoms with van der Waals surface area (Å²) in [6.45, 7) is 0.716. The minimum absolute atomic E-state index is 0.124. The molecule has 0 radical (unpaired) electrons. The van der Waals surface area contributed by atoms with Crippen LogP contribution in [0.15, 0.2) is 0 Å². The van der Waals surface area contributed by atoms with Crippen LogP contribution in [0.1, 0.15) is 12.8 Å². The van der Waals surface area contributed by atoms with Crippen LogP contribution in [-0.4, -0.2) is 31.1 Å². The Morgan fingerprint density at radius 3 is 2.60 bits per heavy atom. The van der Waals surface area contributed by atoms with E-state index in [2.05, 4.69) is 0 Å². The van der Waals surface area contributed by atoms with Crippen molar-refractivity contribution in [2.45, 2.75) is 18.9 Å². The quantitative estimate of drug-likeness (QED) is 0.626. The van der Waals surface area contributed by atoms with Crippen molar-refractivity contribution in [1.82, 2.24) is 0 Å². The Kier molecular flexibility index (Phi) is 3.09. The molecule has 1 N–H and O–H groups in total. The van der Waals surface area contributed by atoms with Gasteiger partial charge < -0.3 is 9.84 Å². The predicted molar refractivity (Wildman–Crippen MR) is 35.5 cm³/mol. The molecule has 1 rings (SSSR count). The highest BCUT2D eigenvalue weighted by Crippen LogP contribution is 2.18. The Morgan fingerprint density at radius 1 is 1.50 bits per heavy atom. The third-order valence-electron chi connectivity index (χ3n) is 1.97. The molecule has 0 aromatic carbocycles. The lowest BCUT2D eigenvalue weighted by atomic mass is 9.95. The summed E-state index contributed by atoms with van der Waals surface area (Å²) in [6, 6.07) is 0. The fraction of sp³-hybridized carbons (Fsp3) is 1.00. The SMILES string of the molecule is OC(CF)C1CCOCC1. The van der Waals surface area contributed by atoms with E-state index >= 15 is 0 Å². The molecule has 0 bridgehead atoms. The molecule has 2 nitrogen and oxygen atoms in total. The van der Waals surface area contributed by atoms with E-state index in [1.165, 1.54) is 0 Å². The fourth-order valence-corrected chi connectivity index (χ4v) is 1.23. The zero-order valence-electron chi connectivity index (χ0n) is 5.92. The van der Waals surface area contributed by atoms with E-state index in [1.807, 2.05) is 0 Å². The van der Waals surface area contributed by atoms with Gasteiger partial charge in [0.15, 0.2) is 0 Å². The van der Waals surface area contributed by atoms with Crippen molar-refractivity contribution in [3.63, 3.8) is 0 Å². The van der Waals surface area contributed by atoms with Gasteiger partial charge in [0.1, 0.15) is 6.67 Å². The first kappa shape index (κ1) is 7.95. The number of rotatable bonds is 2. The Hall–Kier alpha value is -0.150. The smallest absolute Gasteiger partial charge is 0.116 e. The van der Waals surface area contributed by atoms with Crippen LogP contribution in [0.4, 0.5) is 4.39 Å². The lowest BCUT2D eigenvalue weighted by Gasteiger charge is -2.24. The van der Waals surface area contributed by atoms with Crippen LogP contribution >= 0.6 is 0 Å². The third kappa shape index (κ3) is 1.92. The van der Waals surface area contributed by atoms with Gasteiger partial charge in [-0.1, -0.05) is 0 Å². The first-order chi connectivity index (χ1) is 4.84. The molecule has 10 heavy (non-hydrogen) atoms. The molecule has 1 aliphatic heterocycles. The number of hydrogen-bond donors (Lipinski definition) is 1. The van der Waals surface area contributed by atoms with E-state index in [1.54, 1.807) is 0 Å². The number of ether oxygens (including phenoxy) is 1. The average molecular weight is 148 g/mol. The molecular formula is C7H13FO2. The van der Waals surface area contributed by atoms with Crippen molar-refractivity contribution in [2.24, 2.45) is 5.92 Å². The molecule has 0 amide bonds. The zero-order valence-corrected chi connectivity index (χ0v) is 5.92. The van der Waals surface area contributed by atoms with Crippen molar-refractivity contribution < 1.29 is 14.2 Å². The standard InChI is InChI=1S/C7H13FO2/c8-5-7(9)6-1-3-10-4-2-6/h6-7,9H,1-5H2. The molecule has 60 valence electrons. The van der Waals surface area contributed by atoms with Crippen LogP contribution < -0.4 is 0 Å². The molecule has 1 atom stereocenters. The maximum absolute atomic E-state index is 11.9. The molecule has 1 saturated heterocycles. The minimum atomic E-state index is -0.760. The molecular weight excluding hydrogens is 135 g/mol. The highest BCUT2D eigenvalue weighted by molar-refractivity contribution is 4.70. The summed E-state index contributed by atoms with van der Waals surface area (Å²) < 4.78 is 16.9. The first-order valence-electron chi connectivity index (χ1n) is 3.66. The van der Waals surface area contributed by atoms with Crippen LogP contribution in [-0.2, 0) is 4.74 Å². The fourth-order valence-electron chi connectivity index (χ4n) is 1.23. The molecule has 1 unspecified atom stereocenters. The van der Waals surface area contributed by atoms with Crippen LogP contribution in [0.5, 0.6) is 0 Å². The minimum Gasteiger partial charge on any atom is -0.390 e. The highest BCUT2D eigenvalue weighted by atomic mass is 19.1. The number of aliphatic hydroxyl groups excluding tert-OH is 1. The maximum Gasteiger partial charge on any atom is 0.116 e. The van der Waals surface area contributed by atoms with Crippen molar-refractivity contribution in [3.05, 3.63) is 0 Å². The van der Waals surface area contributed by atoms with E-state index in [9.17, 15) is 4.39 Å². The number of alkyl halides is 1. The second kappa shape index (κ2) is 3.88. The van der Waals surface area contributed by atoms with E-state index in [0.29, 0.717) is 13.2 Å². The predicted octanol–water partition coefficient (Wildman–Crippen LogP) is 0.743. The summed E-state index contributed by atoms with van der Waals surface area (Å²) in [5, 5.41) is 9.05. The maximum atomic E-state index is 11.9. The summed E-state index contributed by atoms with van der Waals surface area (Å²) in [5.41, 5.74) is 0. The van der Waals surface area contributed by atoms with Crippen LogP contribution in [0.25, 0.3) is 0 Å². The van der Waals surface area contributed by atoms with Gasteiger partial charge in [-0.15, -0.1) is 0 Å². The van der Waals surface area contributed by atoms with Gasteiger partial charge in [0, 0.05) is 13.2 Å². The average Bonchev–Trinajstić information content (AvgIpc) is 2.05. The molecule has 1 fully saturated rings. The summed E-state index contributed by atoms with van der Waals surface area (Å²) in [4.78, 5) is 0. The number of halogens is 1. The Morgan fingerprint density at radius 2 is 2.10 bits per heavy atom. The summed E-state index contributed by atoms with van der Waals surface area (Å²) in [7, 11) is 0. The molecule has 3 heteroatoms. The molecule has 0 aliphatic carbocycles. The topological polar surface area (TPSA) is 29.5 Å². The van der Waals surface area contributed by atoms with Gasteiger partial charge in [0.25, 0.3) is 0 Å². The Balaban J connectivity index is 2.24. The molecule has 1 aliphatic rings. The van der Waals surface area contributed by atoms with Gasteiger partial charge in [-0.2, -0.15) is 0 Å². The zero-order chi connectivity index (χ0) is 7.40. The summed E-state index contributed by atoms with van der Waals surface area (Å²) in [5.74, 6) is 0.124. The van der Waals surface area contributed by atoms with Crippen LogP contribution in [0.2, 0.25) is 0 Å². The second-order valence-electron chi connectivity index (χ2n) is 2.67. The molecule has 0 aromatic heterocycles. The van der Waals surface area contributed by atoms with E-state index in [0.717, 1.165) is 12.8 Å². The van der Waals surface area contributed by atoms with E-state index in [-0.39, 0.29) is 5.92 Å². The lowest BCUT2D eigenvalue weighted by Crippen LogP contribution is -2.28. The van der Waals surface area contributed by atoms with Gasteiger partial charge in [0.05, 0.1) is 6.10 Å². The van der Waals surface area contributed by atoms with Crippen LogP contribution in [0.3, 0.4) is 0 Å². The largest absolute Gasteiger partial charge is 0.390 e. The number of aliphatic hydroxyl groups is 1. The summed E-state index contributed by atoms with van der Waals surface area (Å²) >= 11 is 0. The van der Waals surface area contributed by atoms with E-state index < -0.39 is 12.8 Å². The van der Waals surface area contributed by atoms with Gasteiger partial charge in [-0.05, 0) is 18.8 Å². The van der Waals surface area contributed by atoms with Crippen molar-refractivity contribution in [3.8, 4) is 0 Å². The normalized spacial score (nSPS) is 24.6. The van der Waals surface area contributed by atoms with E-state index in [4.69, 9.17) is 9.84 Å². The molecule has 0 saturated carbocycles. The monoisotopic (exact) mass is 148 g/mol. The Labute approximate surface area is 60.0 Å². The third-order valence-corrected chi connectivity index (χ3v) is 1.97. The Bertz CT molecular complexity index is 91.6. The molecule has 0 spiro atoms. The molecule has 1 heterocycles. The van der Waals surface area contributed by atoms with Gasteiger partial charge in [-0.3, -0.25) is 0 Å². The van der Waals surface area contributed by atoms with Crippen LogP contribution in [0, 0.1) is 5.92 Å². The number of hydrogen-bond acceptors (Lipinski definition) is 2. The van der Waals surface area contributed by atoms with Crippen molar-refractivity contribution in [2.75, 3.05) is 19.9 Å². The van der Waals surface area contributed by atoms with Gasteiger partial charge >= 0.3 is 0 Å². The van der Waals surface area contributed by atoms with Crippen molar-refractivity contribution in [1.29, 1.82) is 0 Å². The summed E-state index contributed by atoms with van der Waals surface area (Å²) in [6.07, 6.45) is 0.833.